The van der Waals surface area contributed by atoms with Gasteiger partial charge in [0.15, 0.2) is 0 Å². The first kappa shape index (κ1) is 12.7. The molecule has 1 amide bonds. The van der Waals surface area contributed by atoms with Crippen LogP contribution in [0.3, 0.4) is 0 Å². The SMILES string of the molecule is O=C(c1cnccn1)N1CCCCC1c1cnccn1. The van der Waals surface area contributed by atoms with E-state index < -0.39 is 0 Å². The molecule has 1 unspecified atom stereocenters. The van der Waals surface area contributed by atoms with Crippen LogP contribution in [0.25, 0.3) is 0 Å². The van der Waals surface area contributed by atoms with Gasteiger partial charge in [0.1, 0.15) is 5.69 Å². The lowest BCUT2D eigenvalue weighted by Crippen LogP contribution is -2.39. The smallest absolute Gasteiger partial charge is 0.274 e. The summed E-state index contributed by atoms with van der Waals surface area (Å²) in [6.45, 7) is 0.719. The van der Waals surface area contributed by atoms with Crippen molar-refractivity contribution in [2.45, 2.75) is 25.3 Å². The zero-order valence-corrected chi connectivity index (χ0v) is 11.0. The number of nitrogens with zero attached hydrogens (tertiary/aromatic N) is 5. The number of piperidine rings is 1. The predicted molar refractivity (Wildman–Crippen MR) is 71.7 cm³/mol. The van der Waals surface area contributed by atoms with Crippen molar-refractivity contribution in [3.05, 3.63) is 48.6 Å². The highest BCUT2D eigenvalue weighted by atomic mass is 16.2. The van der Waals surface area contributed by atoms with Crippen LogP contribution in [0.1, 0.15) is 41.5 Å². The van der Waals surface area contributed by atoms with E-state index in [2.05, 4.69) is 19.9 Å². The first-order valence-electron chi connectivity index (χ1n) is 6.69. The van der Waals surface area contributed by atoms with Gasteiger partial charge in [0.2, 0.25) is 0 Å². The monoisotopic (exact) mass is 269 g/mol. The minimum Gasteiger partial charge on any atom is -0.329 e. The first-order valence-corrected chi connectivity index (χ1v) is 6.69. The molecule has 1 fully saturated rings. The molecule has 1 atom stereocenters. The lowest BCUT2D eigenvalue weighted by molar-refractivity contribution is 0.0599. The van der Waals surface area contributed by atoms with Crippen LogP contribution in [0.5, 0.6) is 0 Å². The molecule has 0 spiro atoms. The summed E-state index contributed by atoms with van der Waals surface area (Å²) >= 11 is 0. The zero-order chi connectivity index (χ0) is 13.8. The molecule has 1 aliphatic heterocycles. The van der Waals surface area contributed by atoms with Gasteiger partial charge >= 0.3 is 0 Å². The van der Waals surface area contributed by atoms with E-state index in [0.717, 1.165) is 31.5 Å². The normalized spacial score (nSPS) is 18.8. The molecule has 0 aromatic carbocycles. The minimum atomic E-state index is -0.0894. The quantitative estimate of drug-likeness (QED) is 0.828. The number of carbonyl (C=O) groups is 1. The Morgan fingerprint density at radius 3 is 2.55 bits per heavy atom. The number of aromatic nitrogens is 4. The standard InChI is InChI=1S/C14H15N5O/c20-14(12-10-16-5-7-18-12)19-8-2-1-3-13(19)11-9-15-4-6-17-11/h4-7,9-10,13H,1-3,8H2. The maximum absolute atomic E-state index is 12.6. The van der Waals surface area contributed by atoms with Crippen molar-refractivity contribution in [3.8, 4) is 0 Å². The number of amides is 1. The molecule has 102 valence electrons. The molecule has 0 radical (unpaired) electrons. The van der Waals surface area contributed by atoms with Gasteiger partial charge in [-0.3, -0.25) is 19.7 Å². The summed E-state index contributed by atoms with van der Waals surface area (Å²) in [5.74, 6) is -0.0894. The van der Waals surface area contributed by atoms with Crippen LogP contribution in [0.4, 0.5) is 0 Å². The largest absolute Gasteiger partial charge is 0.329 e. The number of rotatable bonds is 2. The number of hydrogen-bond acceptors (Lipinski definition) is 5. The average Bonchev–Trinajstić information content (AvgIpc) is 2.56. The molecule has 3 rings (SSSR count). The molecule has 0 N–H and O–H groups in total. The third-order valence-electron chi connectivity index (χ3n) is 3.47. The minimum absolute atomic E-state index is 0.0213. The summed E-state index contributed by atoms with van der Waals surface area (Å²) in [7, 11) is 0. The van der Waals surface area contributed by atoms with Crippen molar-refractivity contribution in [2.24, 2.45) is 0 Å². The molecule has 6 heteroatoms. The molecule has 3 heterocycles. The molecule has 6 nitrogen and oxygen atoms in total. The second kappa shape index (κ2) is 5.73. The van der Waals surface area contributed by atoms with Crippen LogP contribution in [-0.4, -0.2) is 37.3 Å². The fourth-order valence-corrected chi connectivity index (χ4v) is 2.52. The van der Waals surface area contributed by atoms with Crippen LogP contribution in [0.2, 0.25) is 0 Å². The highest BCUT2D eigenvalue weighted by molar-refractivity contribution is 5.92. The maximum Gasteiger partial charge on any atom is 0.274 e. The molecular formula is C14H15N5O. The Hall–Kier alpha value is -2.37. The van der Waals surface area contributed by atoms with E-state index in [9.17, 15) is 4.79 Å². The van der Waals surface area contributed by atoms with Crippen LogP contribution in [-0.2, 0) is 0 Å². The fraction of sp³-hybridized carbons (Fsp3) is 0.357. The maximum atomic E-state index is 12.6. The second-order valence-corrected chi connectivity index (χ2v) is 4.73. The Balaban J connectivity index is 1.88. The van der Waals surface area contributed by atoms with Gasteiger partial charge in [-0.05, 0) is 19.3 Å². The molecular weight excluding hydrogens is 254 g/mol. The molecule has 0 saturated carbocycles. The summed E-state index contributed by atoms with van der Waals surface area (Å²) in [5, 5.41) is 0. The lowest BCUT2D eigenvalue weighted by atomic mass is 9.99. The lowest BCUT2D eigenvalue weighted by Gasteiger charge is -2.34. The third-order valence-corrected chi connectivity index (χ3v) is 3.47. The Morgan fingerprint density at radius 1 is 1.05 bits per heavy atom. The van der Waals surface area contributed by atoms with Gasteiger partial charge < -0.3 is 4.90 Å². The molecule has 1 saturated heterocycles. The molecule has 1 aliphatic rings. The number of hydrogen-bond donors (Lipinski definition) is 0. The van der Waals surface area contributed by atoms with Gasteiger partial charge in [-0.15, -0.1) is 0 Å². The summed E-state index contributed by atoms with van der Waals surface area (Å²) in [5.41, 5.74) is 1.22. The van der Waals surface area contributed by atoms with Crippen LogP contribution < -0.4 is 0 Å². The number of likely N-dealkylation sites (tertiary alicyclic amines) is 1. The van der Waals surface area contributed by atoms with Crippen LogP contribution in [0, 0.1) is 0 Å². The van der Waals surface area contributed by atoms with Crippen molar-refractivity contribution in [2.75, 3.05) is 6.54 Å². The second-order valence-electron chi connectivity index (χ2n) is 4.73. The van der Waals surface area contributed by atoms with Gasteiger partial charge in [0.25, 0.3) is 5.91 Å². The fourth-order valence-electron chi connectivity index (χ4n) is 2.52. The van der Waals surface area contributed by atoms with E-state index in [1.165, 1.54) is 12.4 Å². The predicted octanol–water partition coefficient (Wildman–Crippen LogP) is 1.63. The topological polar surface area (TPSA) is 71.9 Å². The summed E-state index contributed by atoms with van der Waals surface area (Å²) in [4.78, 5) is 30.9. The Labute approximate surface area is 116 Å². The van der Waals surface area contributed by atoms with E-state index in [0.29, 0.717) is 5.69 Å². The number of carbonyl (C=O) groups excluding carboxylic acids is 1. The van der Waals surface area contributed by atoms with Gasteiger partial charge in [0, 0.05) is 31.3 Å². The Morgan fingerprint density at radius 2 is 1.85 bits per heavy atom. The van der Waals surface area contributed by atoms with Crippen molar-refractivity contribution >= 4 is 5.91 Å². The highest BCUT2D eigenvalue weighted by Gasteiger charge is 2.30. The summed E-state index contributed by atoms with van der Waals surface area (Å²) in [6.07, 6.45) is 12.6. The summed E-state index contributed by atoms with van der Waals surface area (Å²) in [6, 6.07) is -0.0213. The molecule has 0 bridgehead atoms. The van der Waals surface area contributed by atoms with E-state index >= 15 is 0 Å². The van der Waals surface area contributed by atoms with Crippen LogP contribution >= 0.6 is 0 Å². The van der Waals surface area contributed by atoms with Crippen molar-refractivity contribution in [1.82, 2.24) is 24.8 Å². The van der Waals surface area contributed by atoms with Gasteiger partial charge in [0.05, 0.1) is 24.1 Å². The summed E-state index contributed by atoms with van der Waals surface area (Å²) < 4.78 is 0. The van der Waals surface area contributed by atoms with E-state index in [1.54, 1.807) is 24.8 Å². The van der Waals surface area contributed by atoms with Gasteiger partial charge in [-0.2, -0.15) is 0 Å². The highest BCUT2D eigenvalue weighted by Crippen LogP contribution is 2.30. The van der Waals surface area contributed by atoms with Crippen molar-refractivity contribution in [1.29, 1.82) is 0 Å². The van der Waals surface area contributed by atoms with E-state index in [1.807, 2.05) is 4.90 Å². The van der Waals surface area contributed by atoms with Crippen molar-refractivity contribution in [3.63, 3.8) is 0 Å². The Bertz CT molecular complexity index is 575. The molecule has 0 aliphatic carbocycles. The molecule has 20 heavy (non-hydrogen) atoms. The van der Waals surface area contributed by atoms with Gasteiger partial charge in [-0.25, -0.2) is 4.98 Å². The Kier molecular flexibility index (Phi) is 3.62. The average molecular weight is 269 g/mol. The first-order chi connectivity index (χ1) is 9.86. The molecule has 2 aromatic rings. The molecule has 2 aromatic heterocycles. The third kappa shape index (κ3) is 2.49. The van der Waals surface area contributed by atoms with E-state index in [4.69, 9.17) is 0 Å². The van der Waals surface area contributed by atoms with E-state index in [-0.39, 0.29) is 11.9 Å². The van der Waals surface area contributed by atoms with Crippen LogP contribution in [0.15, 0.2) is 37.2 Å². The zero-order valence-electron chi connectivity index (χ0n) is 11.0. The van der Waals surface area contributed by atoms with Crippen molar-refractivity contribution < 1.29 is 4.79 Å². The van der Waals surface area contributed by atoms with Gasteiger partial charge in [-0.1, -0.05) is 0 Å².